The second-order valence-corrected chi connectivity index (χ2v) is 6.42. The normalized spacial score (nSPS) is 12.9. The molecule has 136 valence electrons. The topological polar surface area (TPSA) is 68.0 Å². The molecule has 1 aromatic carbocycles. The first kappa shape index (κ1) is 18.2. The van der Waals surface area contributed by atoms with E-state index < -0.39 is 12.0 Å². The number of rotatable bonds is 5. The molecule has 2 heterocycles. The molecule has 0 fully saturated rings. The van der Waals surface area contributed by atoms with Crippen molar-refractivity contribution in [3.05, 3.63) is 54.2 Å². The van der Waals surface area contributed by atoms with E-state index in [9.17, 15) is 18.0 Å². The van der Waals surface area contributed by atoms with Crippen LogP contribution in [0.5, 0.6) is 0 Å². The number of para-hydroxylation sites is 1. The van der Waals surface area contributed by atoms with E-state index >= 15 is 0 Å². The van der Waals surface area contributed by atoms with Crippen molar-refractivity contribution in [2.75, 3.05) is 5.75 Å². The molecule has 3 rings (SSSR count). The van der Waals surface area contributed by atoms with Crippen molar-refractivity contribution in [1.82, 2.24) is 15.3 Å². The van der Waals surface area contributed by atoms with E-state index in [1.54, 1.807) is 37.3 Å². The molecule has 0 aliphatic heterocycles. The molecule has 0 unspecified atom stereocenters. The minimum absolute atomic E-state index is 0.0800. The zero-order valence-corrected chi connectivity index (χ0v) is 14.4. The van der Waals surface area contributed by atoms with Gasteiger partial charge in [0, 0.05) is 5.39 Å². The Labute approximate surface area is 151 Å². The molecule has 5 nitrogen and oxygen atoms in total. The lowest BCUT2D eigenvalue weighted by Crippen LogP contribution is -2.28. The van der Waals surface area contributed by atoms with Gasteiger partial charge < -0.3 is 9.73 Å². The maximum Gasteiger partial charge on any atom is 0.451 e. The van der Waals surface area contributed by atoms with Crippen molar-refractivity contribution in [1.29, 1.82) is 0 Å². The predicted octanol–water partition coefficient (Wildman–Crippen LogP) is 4.21. The average Bonchev–Trinajstić information content (AvgIpc) is 3.13. The number of thioether (sulfide) groups is 1. The first-order chi connectivity index (χ1) is 12.3. The quantitative estimate of drug-likeness (QED) is 0.530. The van der Waals surface area contributed by atoms with E-state index in [1.807, 2.05) is 0 Å². The molecule has 1 amide bonds. The summed E-state index contributed by atoms with van der Waals surface area (Å²) >= 11 is 0.934. The van der Waals surface area contributed by atoms with Gasteiger partial charge in [0.05, 0.1) is 23.6 Å². The molecule has 0 aliphatic rings. The minimum Gasteiger partial charge on any atom is -0.467 e. The van der Waals surface area contributed by atoms with Crippen LogP contribution in [0.3, 0.4) is 0 Å². The van der Waals surface area contributed by atoms with E-state index in [1.165, 1.54) is 12.3 Å². The van der Waals surface area contributed by atoms with Crippen molar-refractivity contribution in [3.8, 4) is 0 Å². The Morgan fingerprint density at radius 3 is 2.69 bits per heavy atom. The maximum absolute atomic E-state index is 13.0. The van der Waals surface area contributed by atoms with Crippen LogP contribution in [0.2, 0.25) is 0 Å². The van der Waals surface area contributed by atoms with E-state index in [2.05, 4.69) is 15.3 Å². The smallest absolute Gasteiger partial charge is 0.451 e. The molecule has 0 bridgehead atoms. The van der Waals surface area contributed by atoms with E-state index in [4.69, 9.17) is 4.42 Å². The number of hydrogen-bond acceptors (Lipinski definition) is 5. The summed E-state index contributed by atoms with van der Waals surface area (Å²) in [6.45, 7) is 1.75. The Morgan fingerprint density at radius 1 is 1.23 bits per heavy atom. The number of amides is 1. The van der Waals surface area contributed by atoms with Crippen LogP contribution in [-0.4, -0.2) is 21.6 Å². The number of fused-ring (bicyclic) bond motifs is 1. The first-order valence-corrected chi connectivity index (χ1v) is 8.62. The fourth-order valence-corrected chi connectivity index (χ4v) is 3.14. The van der Waals surface area contributed by atoms with Crippen molar-refractivity contribution in [2.45, 2.75) is 24.2 Å². The molecular weight excluding hydrogens is 367 g/mol. The predicted molar refractivity (Wildman–Crippen MR) is 90.5 cm³/mol. The lowest BCUT2D eigenvalue weighted by Gasteiger charge is -2.12. The van der Waals surface area contributed by atoms with Crippen LogP contribution >= 0.6 is 11.8 Å². The summed E-state index contributed by atoms with van der Waals surface area (Å²) in [4.78, 5) is 19.3. The molecule has 0 saturated heterocycles. The Bertz CT molecular complexity index is 913. The molecule has 26 heavy (non-hydrogen) atoms. The SMILES string of the molecule is C[C@@H](NC(=O)CSc1nc(C(F)(F)F)nc2ccccc12)c1ccco1. The first-order valence-electron chi connectivity index (χ1n) is 7.64. The third-order valence-electron chi connectivity index (χ3n) is 3.51. The van der Waals surface area contributed by atoms with Crippen LogP contribution in [0.1, 0.15) is 24.6 Å². The Balaban J connectivity index is 1.76. The molecule has 0 saturated carbocycles. The van der Waals surface area contributed by atoms with Gasteiger partial charge in [0.15, 0.2) is 0 Å². The van der Waals surface area contributed by atoms with Gasteiger partial charge in [-0.25, -0.2) is 9.97 Å². The number of nitrogens with one attached hydrogen (secondary N) is 1. The van der Waals surface area contributed by atoms with Crippen LogP contribution in [0.15, 0.2) is 52.1 Å². The van der Waals surface area contributed by atoms with Gasteiger partial charge in [-0.2, -0.15) is 13.2 Å². The third kappa shape index (κ3) is 4.16. The van der Waals surface area contributed by atoms with E-state index in [-0.39, 0.29) is 28.2 Å². The number of nitrogens with zero attached hydrogens (tertiary/aromatic N) is 2. The van der Waals surface area contributed by atoms with Gasteiger partial charge in [-0.15, -0.1) is 0 Å². The molecule has 3 aromatic rings. The van der Waals surface area contributed by atoms with E-state index in [0.717, 1.165) is 11.8 Å². The Morgan fingerprint density at radius 2 is 2.00 bits per heavy atom. The maximum atomic E-state index is 13.0. The summed E-state index contributed by atoms with van der Waals surface area (Å²) in [5.41, 5.74) is 0.182. The number of aromatic nitrogens is 2. The number of carbonyl (C=O) groups is 1. The van der Waals surface area contributed by atoms with Gasteiger partial charge in [0.25, 0.3) is 0 Å². The fourth-order valence-electron chi connectivity index (χ4n) is 2.31. The molecule has 1 N–H and O–H groups in total. The third-order valence-corrected chi connectivity index (χ3v) is 4.50. The molecule has 0 spiro atoms. The van der Waals surface area contributed by atoms with Gasteiger partial charge in [-0.05, 0) is 25.1 Å². The molecule has 9 heteroatoms. The number of furan rings is 1. The van der Waals surface area contributed by atoms with Crippen LogP contribution in [0, 0.1) is 0 Å². The molecular formula is C17H14F3N3O2S. The molecule has 0 radical (unpaired) electrons. The zero-order chi connectivity index (χ0) is 18.7. The number of halogens is 3. The van der Waals surface area contributed by atoms with Gasteiger partial charge in [0.1, 0.15) is 10.8 Å². The number of carbonyl (C=O) groups excluding carboxylic acids is 1. The number of hydrogen-bond donors (Lipinski definition) is 1. The highest BCUT2D eigenvalue weighted by molar-refractivity contribution is 8.00. The summed E-state index contributed by atoms with van der Waals surface area (Å²) in [5, 5.41) is 3.31. The molecule has 2 aromatic heterocycles. The number of benzene rings is 1. The van der Waals surface area contributed by atoms with Gasteiger partial charge in [0.2, 0.25) is 11.7 Å². The fraction of sp³-hybridized carbons (Fsp3) is 0.235. The lowest BCUT2D eigenvalue weighted by atomic mass is 10.2. The second-order valence-electron chi connectivity index (χ2n) is 5.46. The summed E-state index contributed by atoms with van der Waals surface area (Å²) in [5.74, 6) is -1.04. The summed E-state index contributed by atoms with van der Waals surface area (Å²) in [6.07, 6.45) is -3.16. The monoisotopic (exact) mass is 381 g/mol. The Kier molecular flexibility index (Phi) is 5.17. The van der Waals surface area contributed by atoms with Crippen LogP contribution < -0.4 is 5.32 Å². The highest BCUT2D eigenvalue weighted by Gasteiger charge is 2.35. The highest BCUT2D eigenvalue weighted by Crippen LogP contribution is 2.32. The largest absolute Gasteiger partial charge is 0.467 e. The summed E-state index contributed by atoms with van der Waals surface area (Å²) < 4.78 is 44.2. The second kappa shape index (κ2) is 7.36. The van der Waals surface area contributed by atoms with Crippen molar-refractivity contribution < 1.29 is 22.4 Å². The standard InChI is InChI=1S/C17H14F3N3O2S/c1-10(13-7-4-8-25-13)21-14(24)9-26-15-11-5-2-3-6-12(11)22-16(23-15)17(18,19)20/h2-8,10H,9H2,1H3,(H,21,24)/t10-/m1/s1. The van der Waals surface area contributed by atoms with Gasteiger partial charge in [-0.3, -0.25) is 4.79 Å². The van der Waals surface area contributed by atoms with Crippen molar-refractivity contribution in [2.24, 2.45) is 0 Å². The average molecular weight is 381 g/mol. The van der Waals surface area contributed by atoms with Crippen LogP contribution in [0.25, 0.3) is 10.9 Å². The minimum atomic E-state index is -4.66. The van der Waals surface area contributed by atoms with Gasteiger partial charge in [-0.1, -0.05) is 30.0 Å². The molecule has 1 atom stereocenters. The summed E-state index contributed by atoms with van der Waals surface area (Å²) in [7, 11) is 0. The molecule has 0 aliphatic carbocycles. The van der Waals surface area contributed by atoms with Crippen molar-refractivity contribution >= 4 is 28.6 Å². The number of alkyl halides is 3. The lowest BCUT2D eigenvalue weighted by molar-refractivity contribution is -0.145. The van der Waals surface area contributed by atoms with Crippen molar-refractivity contribution in [3.63, 3.8) is 0 Å². The van der Waals surface area contributed by atoms with E-state index in [0.29, 0.717) is 11.1 Å². The Hall–Kier alpha value is -2.55. The van der Waals surface area contributed by atoms with Gasteiger partial charge >= 0.3 is 6.18 Å². The van der Waals surface area contributed by atoms with Crippen LogP contribution in [-0.2, 0) is 11.0 Å². The highest BCUT2D eigenvalue weighted by atomic mass is 32.2. The zero-order valence-electron chi connectivity index (χ0n) is 13.6. The van der Waals surface area contributed by atoms with Crippen LogP contribution in [0.4, 0.5) is 13.2 Å². The summed E-state index contributed by atoms with van der Waals surface area (Å²) in [6, 6.07) is 9.48.